The van der Waals surface area contributed by atoms with Crippen molar-refractivity contribution >= 4 is 42.1 Å². The number of nitrogens with one attached hydrogen (secondary N) is 1. The number of carbonyl (C=O) groups excluding carboxylic acids is 1. The molecule has 170 valence electrons. The van der Waals surface area contributed by atoms with E-state index in [1.54, 1.807) is 41.9 Å². The van der Waals surface area contributed by atoms with Gasteiger partial charge in [-0.05, 0) is 53.6 Å². The van der Waals surface area contributed by atoms with Crippen LogP contribution < -0.4 is 78.4 Å². The second kappa shape index (κ2) is 13.4. The molecule has 4 rings (SSSR count). The Morgan fingerprint density at radius 2 is 1.74 bits per heavy atom. The maximum atomic E-state index is 11.4. The molecule has 0 spiro atoms. The zero-order valence-corrected chi connectivity index (χ0v) is 26.6. The molecular formula is C25H18CsN3O4S2. The largest absolute Gasteiger partial charge is 1.00 e. The average molecular weight is 621 g/mol. The third kappa shape index (κ3) is 7.54. The van der Waals surface area contributed by atoms with Gasteiger partial charge in [0.2, 0.25) is 5.91 Å². The van der Waals surface area contributed by atoms with Crippen molar-refractivity contribution in [1.82, 2.24) is 14.7 Å². The summed E-state index contributed by atoms with van der Waals surface area (Å²) in [5.74, 6) is -0.912. The Bertz CT molecular complexity index is 1330. The van der Waals surface area contributed by atoms with Crippen molar-refractivity contribution in [3.05, 3.63) is 84.7 Å². The summed E-state index contributed by atoms with van der Waals surface area (Å²) in [6.45, 7) is -0.401. The molecule has 2 aromatic carbocycles. The molecule has 10 heteroatoms. The molecule has 0 aliphatic rings. The van der Waals surface area contributed by atoms with Gasteiger partial charge in [0, 0.05) is 29.6 Å². The van der Waals surface area contributed by atoms with Crippen molar-refractivity contribution < 1.29 is 88.3 Å². The summed E-state index contributed by atoms with van der Waals surface area (Å²) < 4.78 is 7.38. The summed E-state index contributed by atoms with van der Waals surface area (Å²) in [6.07, 6.45) is 6.56. The van der Waals surface area contributed by atoms with E-state index < -0.39 is 12.6 Å². The third-order valence-electron chi connectivity index (χ3n) is 4.73. The minimum atomic E-state index is -1.03. The molecule has 2 heterocycles. The maximum absolute atomic E-state index is 11.4. The minimum absolute atomic E-state index is 0. The summed E-state index contributed by atoms with van der Waals surface area (Å²) >= 11 is 6.07. The molecule has 0 atom stereocenters. The standard InChI is InChI=1S/C25H18N3O4S2.Cs/c29-21(28-33)12-5-16-3-6-18(7-4-16)24-23(27-25(34-24)19-2-1-13-26-14-19)17-8-10-20(11-9-17)32-15-22(30)31;/h1-14H,15H2,(H2-,28,29,30,31,33);/q-1;+1/b12-5+;. The van der Waals surface area contributed by atoms with Gasteiger partial charge in [-0.25, -0.2) is 9.78 Å². The molecule has 4 aromatic rings. The van der Waals surface area contributed by atoms with Gasteiger partial charge in [-0.3, -0.25) is 9.78 Å². The fourth-order valence-electron chi connectivity index (χ4n) is 3.13. The first-order chi connectivity index (χ1) is 16.5. The molecule has 2 N–H and O–H groups in total. The molecule has 0 aliphatic heterocycles. The van der Waals surface area contributed by atoms with Crippen LogP contribution in [-0.4, -0.2) is 33.6 Å². The number of nitrogens with zero attached hydrogens (tertiary/aromatic N) is 2. The van der Waals surface area contributed by atoms with Gasteiger partial charge in [0.1, 0.15) is 10.8 Å². The van der Waals surface area contributed by atoms with E-state index in [-0.39, 0.29) is 74.8 Å². The predicted molar refractivity (Wildman–Crippen MR) is 134 cm³/mol. The SMILES string of the molecule is O=C(O)COc1ccc(-c2nc(-c3cccnc3)sc2-c2ccc(/C=C/C(=O)N[S-])cc2)cc1.[Cs+]. The molecule has 35 heavy (non-hydrogen) atoms. The van der Waals surface area contributed by atoms with Gasteiger partial charge in [-0.15, -0.1) is 11.3 Å². The van der Waals surface area contributed by atoms with Crippen LogP contribution in [0, 0.1) is 0 Å². The van der Waals surface area contributed by atoms with Crippen LogP contribution in [0.5, 0.6) is 5.75 Å². The first kappa shape index (κ1) is 27.7. The van der Waals surface area contributed by atoms with Crippen LogP contribution in [0.2, 0.25) is 0 Å². The fraction of sp³-hybridized carbons (Fsp3) is 0.0400. The molecule has 2 aromatic heterocycles. The van der Waals surface area contributed by atoms with E-state index in [4.69, 9.17) is 14.8 Å². The van der Waals surface area contributed by atoms with Crippen LogP contribution in [0.4, 0.5) is 0 Å². The predicted octanol–water partition coefficient (Wildman–Crippen LogP) is 1.60. The number of carbonyl (C=O) groups is 2. The van der Waals surface area contributed by atoms with Gasteiger partial charge in [0.25, 0.3) is 0 Å². The van der Waals surface area contributed by atoms with Gasteiger partial charge >= 0.3 is 74.9 Å². The molecule has 7 nitrogen and oxygen atoms in total. The number of hydrogen-bond donors (Lipinski definition) is 2. The number of hydrogen-bond acceptors (Lipinski definition) is 7. The summed E-state index contributed by atoms with van der Waals surface area (Å²) in [5.41, 5.74) is 4.41. The first-order valence-corrected chi connectivity index (χ1v) is 11.3. The summed E-state index contributed by atoms with van der Waals surface area (Å²) in [7, 11) is 0. The topological polar surface area (TPSA) is 101 Å². The molecule has 0 saturated heterocycles. The van der Waals surface area contributed by atoms with Crippen LogP contribution in [0.3, 0.4) is 0 Å². The van der Waals surface area contributed by atoms with E-state index in [9.17, 15) is 9.59 Å². The summed E-state index contributed by atoms with van der Waals surface area (Å²) in [5, 5.41) is 9.64. The van der Waals surface area contributed by atoms with Crippen LogP contribution in [-0.2, 0) is 22.4 Å². The average Bonchev–Trinajstić information content (AvgIpc) is 3.32. The summed E-state index contributed by atoms with van der Waals surface area (Å²) in [4.78, 5) is 32.2. The van der Waals surface area contributed by atoms with Crippen molar-refractivity contribution in [3.63, 3.8) is 0 Å². The number of ether oxygens (including phenoxy) is 1. The Labute approximate surface area is 270 Å². The van der Waals surface area contributed by atoms with Gasteiger partial charge in [-0.1, -0.05) is 24.3 Å². The molecule has 0 saturated carbocycles. The van der Waals surface area contributed by atoms with Crippen molar-refractivity contribution in [2.45, 2.75) is 0 Å². The van der Waals surface area contributed by atoms with E-state index in [0.717, 1.165) is 37.8 Å². The third-order valence-corrected chi connectivity index (χ3v) is 6.08. The number of benzene rings is 2. The second-order valence-corrected chi connectivity index (χ2v) is 8.27. The Morgan fingerprint density at radius 1 is 1.03 bits per heavy atom. The molecular weight excluding hydrogens is 603 g/mol. The van der Waals surface area contributed by atoms with E-state index in [1.165, 1.54) is 6.08 Å². The number of pyridine rings is 1. The van der Waals surface area contributed by atoms with Gasteiger partial charge in [-0.2, -0.15) is 0 Å². The van der Waals surface area contributed by atoms with Crippen molar-refractivity contribution in [2.75, 3.05) is 6.61 Å². The van der Waals surface area contributed by atoms with Crippen molar-refractivity contribution in [1.29, 1.82) is 0 Å². The van der Waals surface area contributed by atoms with Gasteiger partial charge in [0.15, 0.2) is 6.61 Å². The number of carboxylic acids is 1. The molecule has 0 bridgehead atoms. The smallest absolute Gasteiger partial charge is 0.667 e. The minimum Gasteiger partial charge on any atom is -0.667 e. The van der Waals surface area contributed by atoms with Crippen LogP contribution in [0.25, 0.3) is 38.3 Å². The van der Waals surface area contributed by atoms with Gasteiger partial charge < -0.3 is 27.4 Å². The fourth-order valence-corrected chi connectivity index (χ4v) is 4.28. The Balaban J connectivity index is 0.00000342. The van der Waals surface area contributed by atoms with Crippen molar-refractivity contribution in [2.24, 2.45) is 0 Å². The number of amides is 1. The molecule has 1 amide bonds. The van der Waals surface area contributed by atoms with Crippen LogP contribution >= 0.6 is 11.3 Å². The van der Waals surface area contributed by atoms with Crippen LogP contribution in [0.15, 0.2) is 79.1 Å². The van der Waals surface area contributed by atoms with E-state index in [1.807, 2.05) is 48.5 Å². The molecule has 0 fully saturated rings. The zero-order valence-electron chi connectivity index (χ0n) is 18.7. The van der Waals surface area contributed by atoms with E-state index >= 15 is 0 Å². The Kier molecular flexibility index (Phi) is 10.6. The number of carboxylic acid groups (broad SMARTS) is 1. The van der Waals surface area contributed by atoms with E-state index in [2.05, 4.69) is 22.5 Å². The number of aliphatic carboxylic acids is 1. The first-order valence-electron chi connectivity index (χ1n) is 10.1. The quantitative estimate of drug-likeness (QED) is 0.228. The second-order valence-electron chi connectivity index (χ2n) is 7.07. The monoisotopic (exact) mass is 621 g/mol. The number of thiazole rings is 1. The molecule has 0 aliphatic carbocycles. The van der Waals surface area contributed by atoms with Crippen molar-refractivity contribution in [3.8, 4) is 38.0 Å². The van der Waals surface area contributed by atoms with Gasteiger partial charge in [0.05, 0.1) is 10.6 Å². The Morgan fingerprint density at radius 3 is 2.37 bits per heavy atom. The zero-order chi connectivity index (χ0) is 23.9. The van der Waals surface area contributed by atoms with Crippen LogP contribution in [0.1, 0.15) is 5.56 Å². The summed E-state index contributed by atoms with van der Waals surface area (Å²) in [6, 6.07) is 18.8. The Hall–Kier alpha value is -1.90. The number of aromatic nitrogens is 2. The normalized spacial score (nSPS) is 10.5. The maximum Gasteiger partial charge on any atom is 1.00 e. The number of rotatable bonds is 8. The van der Waals surface area contributed by atoms with E-state index in [0.29, 0.717) is 5.75 Å². The molecule has 0 unspecified atom stereocenters. The molecule has 0 radical (unpaired) electrons.